The number of rotatable bonds is 8. The van der Waals surface area contributed by atoms with Crippen LogP contribution >= 0.6 is 11.8 Å². The van der Waals surface area contributed by atoms with Crippen LogP contribution in [0.2, 0.25) is 13.3 Å². The van der Waals surface area contributed by atoms with Crippen molar-refractivity contribution < 1.29 is 0 Å². The van der Waals surface area contributed by atoms with Gasteiger partial charge >= 0.3 is 73.1 Å². The molecule has 0 saturated carbocycles. The standard InChI is InChI=1S/C14H14S.3C3H7.Sn/c1-11-3-7-13(8-4-11)15-14-9-5-12(2)6-10-14;3*1-3-2;/h3-10H,1-2H3;3*1,3H2,2H3;. The Labute approximate surface area is 167 Å². The second-order valence-corrected chi connectivity index (χ2v) is 16.4. The van der Waals surface area contributed by atoms with Crippen molar-refractivity contribution in [1.82, 2.24) is 0 Å². The summed E-state index contributed by atoms with van der Waals surface area (Å²) in [6.45, 7) is 11.2. The maximum absolute atomic E-state index is 2.34. The Morgan fingerprint density at radius 2 is 0.920 bits per heavy atom. The molecule has 0 aliphatic carbocycles. The topological polar surface area (TPSA) is 0 Å². The zero-order valence-corrected chi connectivity index (χ0v) is 20.4. The van der Waals surface area contributed by atoms with Crippen molar-refractivity contribution in [2.75, 3.05) is 0 Å². The zero-order valence-electron chi connectivity index (χ0n) is 16.8. The molecule has 0 heterocycles. The fourth-order valence-electron chi connectivity index (χ4n) is 2.78. The van der Waals surface area contributed by atoms with Crippen molar-refractivity contribution in [3.05, 3.63) is 59.7 Å². The third-order valence-electron chi connectivity index (χ3n) is 4.09. The van der Waals surface area contributed by atoms with Gasteiger partial charge < -0.3 is 0 Å². The summed E-state index contributed by atoms with van der Waals surface area (Å²) in [7, 11) is 0. The van der Waals surface area contributed by atoms with Crippen LogP contribution in [0.4, 0.5) is 0 Å². The Balaban J connectivity index is 0.000000275. The average Bonchev–Trinajstić information content (AvgIpc) is 2.60. The van der Waals surface area contributed by atoms with Crippen LogP contribution in [0, 0.1) is 13.8 Å². The van der Waals surface area contributed by atoms with Gasteiger partial charge in [0.15, 0.2) is 0 Å². The van der Waals surface area contributed by atoms with Gasteiger partial charge in [-0.3, -0.25) is 0 Å². The van der Waals surface area contributed by atoms with Gasteiger partial charge in [0.25, 0.3) is 0 Å². The molecule has 0 fully saturated rings. The van der Waals surface area contributed by atoms with Crippen molar-refractivity contribution in [1.29, 1.82) is 0 Å². The number of benzene rings is 2. The first-order chi connectivity index (χ1) is 12.1. The summed E-state index contributed by atoms with van der Waals surface area (Å²) in [6.07, 6.45) is 4.36. The molecule has 2 aromatic carbocycles. The van der Waals surface area contributed by atoms with E-state index in [1.54, 1.807) is 25.1 Å². The van der Waals surface area contributed by atoms with E-state index in [0.717, 1.165) is 0 Å². The van der Waals surface area contributed by atoms with E-state index in [0.29, 0.717) is 0 Å². The van der Waals surface area contributed by atoms with Gasteiger partial charge in [0.1, 0.15) is 0 Å². The molecule has 0 atom stereocenters. The predicted molar refractivity (Wildman–Crippen MR) is 118 cm³/mol. The Kier molecular flexibility index (Phi) is 12.4. The smallest absolute Gasteiger partial charge is 0.0122 e. The van der Waals surface area contributed by atoms with E-state index in [2.05, 4.69) is 83.1 Å². The predicted octanol–water partition coefficient (Wildman–Crippen LogP) is 8.17. The fraction of sp³-hybridized carbons (Fsp3) is 0.478. The molecule has 25 heavy (non-hydrogen) atoms. The first-order valence-electron chi connectivity index (χ1n) is 9.73. The molecule has 2 aromatic rings. The molecule has 0 aliphatic heterocycles. The van der Waals surface area contributed by atoms with Crippen LogP contribution in [-0.2, 0) is 0 Å². The van der Waals surface area contributed by atoms with E-state index < -0.39 is 19.8 Å². The largest absolute Gasteiger partial charge is 0.0901 e. The first-order valence-corrected chi connectivity index (χ1v) is 16.6. The summed E-state index contributed by atoms with van der Waals surface area (Å²) in [5.41, 5.74) is 2.62. The van der Waals surface area contributed by atoms with Crippen molar-refractivity contribution in [3.8, 4) is 0 Å². The van der Waals surface area contributed by atoms with Gasteiger partial charge in [0, 0.05) is 9.79 Å². The second-order valence-electron chi connectivity index (χ2n) is 6.73. The third-order valence-corrected chi connectivity index (χ3v) is 15.4. The third kappa shape index (κ3) is 10.4. The van der Waals surface area contributed by atoms with E-state index >= 15 is 0 Å². The Hall–Kier alpha value is -0.411. The maximum Gasteiger partial charge on any atom is 0.0122 e. The van der Waals surface area contributed by atoms with Crippen LogP contribution in [-0.4, -0.2) is 19.8 Å². The minimum atomic E-state index is -0.759. The molecule has 0 saturated heterocycles. The number of hydrogen-bond acceptors (Lipinski definition) is 1. The van der Waals surface area contributed by atoms with Crippen LogP contribution < -0.4 is 0 Å². The first kappa shape index (κ1) is 22.6. The quantitative estimate of drug-likeness (QED) is 0.357. The van der Waals surface area contributed by atoms with Gasteiger partial charge in [-0.1, -0.05) is 47.2 Å². The van der Waals surface area contributed by atoms with Gasteiger partial charge in [0.2, 0.25) is 0 Å². The fourth-order valence-corrected chi connectivity index (χ4v) is 11.8. The summed E-state index contributed by atoms with van der Waals surface area (Å²) in [4.78, 5) is 2.59. The van der Waals surface area contributed by atoms with Gasteiger partial charge in [0.05, 0.1) is 0 Å². The average molecular weight is 462 g/mol. The maximum atomic E-state index is 2.34. The minimum Gasteiger partial charge on any atom is -0.0901 e. The van der Waals surface area contributed by atoms with Crippen molar-refractivity contribution in [2.24, 2.45) is 0 Å². The summed E-state index contributed by atoms with van der Waals surface area (Å²) in [5, 5.41) is 0. The Bertz CT molecular complexity index is 502. The molecule has 0 spiro atoms. The molecule has 0 unspecified atom stereocenters. The molecular formula is C23H35SSn. The van der Waals surface area contributed by atoms with Crippen LogP contribution in [0.5, 0.6) is 0 Å². The molecule has 0 aliphatic rings. The normalized spacial score (nSPS) is 10.5. The van der Waals surface area contributed by atoms with E-state index in [1.807, 2.05) is 0 Å². The van der Waals surface area contributed by atoms with Crippen LogP contribution in [0.25, 0.3) is 0 Å². The SMILES string of the molecule is CC[CH2][Sn]([CH2]CC)[CH2]CC.Cc1ccc(Sc2ccc(C)cc2)cc1. The molecule has 0 N–H and O–H groups in total. The molecule has 2 heteroatoms. The van der Waals surface area contributed by atoms with E-state index in [9.17, 15) is 0 Å². The monoisotopic (exact) mass is 463 g/mol. The summed E-state index contributed by atoms with van der Waals surface area (Å²) >= 11 is 1.05. The van der Waals surface area contributed by atoms with Crippen molar-refractivity contribution >= 4 is 31.5 Å². The summed E-state index contributed by atoms with van der Waals surface area (Å²) < 4.78 is 4.93. The molecule has 2 rings (SSSR count). The minimum absolute atomic E-state index is 0.759. The van der Waals surface area contributed by atoms with Gasteiger partial charge in [-0.15, -0.1) is 0 Å². The summed E-state index contributed by atoms with van der Waals surface area (Å²) in [5.74, 6) is 0. The number of hydrogen-bond donors (Lipinski definition) is 0. The van der Waals surface area contributed by atoms with Crippen molar-refractivity contribution in [3.63, 3.8) is 0 Å². The second kappa shape index (κ2) is 13.7. The Morgan fingerprint density at radius 3 is 1.20 bits per heavy atom. The van der Waals surface area contributed by atoms with Crippen molar-refractivity contribution in [2.45, 2.75) is 77.0 Å². The van der Waals surface area contributed by atoms with Crippen LogP contribution in [0.15, 0.2) is 58.3 Å². The van der Waals surface area contributed by atoms with Gasteiger partial charge in [-0.2, -0.15) is 0 Å². The van der Waals surface area contributed by atoms with Crippen LogP contribution in [0.3, 0.4) is 0 Å². The molecule has 0 bridgehead atoms. The molecule has 0 nitrogen and oxygen atoms in total. The Morgan fingerprint density at radius 1 is 0.600 bits per heavy atom. The number of aryl methyl sites for hydroxylation is 2. The zero-order chi connectivity index (χ0) is 18.5. The summed E-state index contributed by atoms with van der Waals surface area (Å²) in [6, 6.07) is 17.3. The molecular weight excluding hydrogens is 427 g/mol. The van der Waals surface area contributed by atoms with Gasteiger partial charge in [-0.25, -0.2) is 0 Å². The molecule has 0 amide bonds. The van der Waals surface area contributed by atoms with E-state index in [-0.39, 0.29) is 0 Å². The molecule has 1 radical (unpaired) electrons. The molecule has 0 aromatic heterocycles. The van der Waals surface area contributed by atoms with Crippen LogP contribution in [0.1, 0.15) is 51.2 Å². The van der Waals surface area contributed by atoms with Gasteiger partial charge in [-0.05, 0) is 38.1 Å². The molecule has 137 valence electrons. The van der Waals surface area contributed by atoms with E-state index in [4.69, 9.17) is 0 Å². The van der Waals surface area contributed by atoms with E-state index in [1.165, 1.54) is 40.2 Å².